The summed E-state index contributed by atoms with van der Waals surface area (Å²) < 4.78 is 13.5. The van der Waals surface area contributed by atoms with Crippen LogP contribution in [0.1, 0.15) is 59.7 Å². The van der Waals surface area contributed by atoms with Crippen molar-refractivity contribution in [2.45, 2.75) is 40.0 Å². The standard InChI is InChI=1S/C33H31NO4/c1-6-37-32(36)29-21(2)34(24-12-8-7-9-13-24)30-26-15-11-10-14-25(26)28(20-27(29)30)38-31(35)22-16-18-23(19-17-22)33(3,4)5/h7-20H,6H2,1-5H3. The lowest BCUT2D eigenvalue weighted by Crippen LogP contribution is -2.13. The second-order valence-electron chi connectivity index (χ2n) is 10.4. The molecule has 4 aromatic carbocycles. The highest BCUT2D eigenvalue weighted by molar-refractivity contribution is 6.17. The lowest BCUT2D eigenvalue weighted by atomic mass is 9.87. The molecule has 0 atom stereocenters. The predicted octanol–water partition coefficient (Wildman–Crippen LogP) is 7.79. The number of fused-ring (bicyclic) bond motifs is 3. The summed E-state index contributed by atoms with van der Waals surface area (Å²) in [6, 6.07) is 27.0. The van der Waals surface area contributed by atoms with Crippen LogP contribution in [-0.2, 0) is 10.2 Å². The van der Waals surface area contributed by atoms with E-state index in [1.807, 2.05) is 73.7 Å². The molecule has 0 fully saturated rings. The summed E-state index contributed by atoms with van der Waals surface area (Å²) in [5.74, 6) is -0.462. The molecule has 0 amide bonds. The lowest BCUT2D eigenvalue weighted by Gasteiger charge is -2.19. The molecular formula is C33H31NO4. The zero-order chi connectivity index (χ0) is 27.0. The maximum Gasteiger partial charge on any atom is 0.343 e. The highest BCUT2D eigenvalue weighted by Gasteiger charge is 2.26. The molecular weight excluding hydrogens is 474 g/mol. The Morgan fingerprint density at radius 3 is 2.05 bits per heavy atom. The van der Waals surface area contributed by atoms with Crippen LogP contribution >= 0.6 is 0 Å². The third-order valence-corrected chi connectivity index (χ3v) is 6.85. The monoisotopic (exact) mass is 505 g/mol. The number of rotatable bonds is 5. The van der Waals surface area contributed by atoms with Crippen LogP contribution < -0.4 is 4.74 Å². The Labute approximate surface area is 222 Å². The summed E-state index contributed by atoms with van der Waals surface area (Å²) in [4.78, 5) is 26.4. The average molecular weight is 506 g/mol. The van der Waals surface area contributed by atoms with E-state index in [2.05, 4.69) is 25.3 Å². The Morgan fingerprint density at radius 2 is 1.42 bits per heavy atom. The van der Waals surface area contributed by atoms with Gasteiger partial charge in [0, 0.05) is 27.5 Å². The first-order chi connectivity index (χ1) is 18.2. The molecule has 0 aliphatic rings. The number of hydrogen-bond acceptors (Lipinski definition) is 4. The Balaban J connectivity index is 1.71. The van der Waals surface area contributed by atoms with Crippen molar-refractivity contribution in [1.29, 1.82) is 0 Å². The average Bonchev–Trinajstić information content (AvgIpc) is 3.20. The minimum Gasteiger partial charge on any atom is -0.462 e. The molecule has 1 heterocycles. The Bertz CT molecular complexity index is 1660. The highest BCUT2D eigenvalue weighted by atomic mass is 16.5. The van der Waals surface area contributed by atoms with Crippen molar-refractivity contribution in [3.63, 3.8) is 0 Å². The van der Waals surface area contributed by atoms with Gasteiger partial charge in [-0.05, 0) is 55.2 Å². The number of carbonyl (C=O) groups excluding carboxylic acids is 2. The summed E-state index contributed by atoms with van der Waals surface area (Å²) in [7, 11) is 0. The third kappa shape index (κ3) is 4.45. The van der Waals surface area contributed by atoms with E-state index >= 15 is 0 Å². The molecule has 0 saturated carbocycles. The molecule has 0 radical (unpaired) electrons. The molecule has 0 N–H and O–H groups in total. The summed E-state index contributed by atoms with van der Waals surface area (Å²) in [5, 5.41) is 2.33. The van der Waals surface area contributed by atoms with Gasteiger partial charge in [-0.2, -0.15) is 0 Å². The van der Waals surface area contributed by atoms with Crippen molar-refractivity contribution in [2.75, 3.05) is 6.61 Å². The Morgan fingerprint density at radius 1 is 0.789 bits per heavy atom. The summed E-state index contributed by atoms with van der Waals surface area (Å²) in [5.41, 5.74) is 4.60. The number of benzene rings is 4. The molecule has 5 aromatic rings. The number of esters is 2. The van der Waals surface area contributed by atoms with Gasteiger partial charge in [-0.25, -0.2) is 9.59 Å². The molecule has 38 heavy (non-hydrogen) atoms. The molecule has 1 aromatic heterocycles. The zero-order valence-electron chi connectivity index (χ0n) is 22.4. The largest absolute Gasteiger partial charge is 0.462 e. The van der Waals surface area contributed by atoms with Crippen molar-refractivity contribution < 1.29 is 19.1 Å². The van der Waals surface area contributed by atoms with Gasteiger partial charge in [-0.15, -0.1) is 0 Å². The maximum atomic E-state index is 13.3. The number of aromatic nitrogens is 1. The lowest BCUT2D eigenvalue weighted by molar-refractivity contribution is 0.0527. The Kier molecular flexibility index (Phi) is 6.53. The van der Waals surface area contributed by atoms with Gasteiger partial charge in [0.2, 0.25) is 0 Å². The van der Waals surface area contributed by atoms with E-state index in [-0.39, 0.29) is 12.0 Å². The van der Waals surface area contributed by atoms with Gasteiger partial charge < -0.3 is 14.0 Å². The van der Waals surface area contributed by atoms with Gasteiger partial charge in [-0.1, -0.05) is 75.4 Å². The summed E-state index contributed by atoms with van der Waals surface area (Å²) in [6.45, 7) is 10.4. The molecule has 0 aliphatic heterocycles. The van der Waals surface area contributed by atoms with Crippen LogP contribution in [0.25, 0.3) is 27.4 Å². The smallest absolute Gasteiger partial charge is 0.343 e. The first-order valence-electron chi connectivity index (χ1n) is 12.8. The number of ether oxygens (including phenoxy) is 2. The molecule has 0 unspecified atom stereocenters. The minimum absolute atomic E-state index is 0.0169. The van der Waals surface area contributed by atoms with Crippen molar-refractivity contribution in [2.24, 2.45) is 0 Å². The van der Waals surface area contributed by atoms with E-state index in [0.29, 0.717) is 22.3 Å². The van der Waals surface area contributed by atoms with Gasteiger partial charge >= 0.3 is 11.9 Å². The number of nitrogens with zero attached hydrogens (tertiary/aromatic N) is 1. The minimum atomic E-state index is -0.452. The molecule has 5 heteroatoms. The van der Waals surface area contributed by atoms with E-state index in [0.717, 1.165) is 33.2 Å². The fourth-order valence-electron chi connectivity index (χ4n) is 4.94. The molecule has 5 nitrogen and oxygen atoms in total. The summed E-state index contributed by atoms with van der Waals surface area (Å²) >= 11 is 0. The Hall–Kier alpha value is -4.38. The summed E-state index contributed by atoms with van der Waals surface area (Å²) in [6.07, 6.45) is 0. The first kappa shape index (κ1) is 25.3. The van der Waals surface area contributed by atoms with Crippen LogP contribution in [0.15, 0.2) is 84.9 Å². The SMILES string of the molecule is CCOC(=O)c1c(C)n(-c2ccccc2)c2c1cc(OC(=O)c1ccc(C(C)(C)C)cc1)c1ccccc12. The zero-order valence-corrected chi connectivity index (χ0v) is 22.4. The van der Waals surface area contributed by atoms with Gasteiger partial charge in [0.05, 0.1) is 23.3 Å². The van der Waals surface area contributed by atoms with Crippen LogP contribution in [0.5, 0.6) is 5.75 Å². The molecule has 0 saturated heterocycles. The van der Waals surface area contributed by atoms with E-state index in [1.54, 1.807) is 25.1 Å². The molecule has 192 valence electrons. The van der Waals surface area contributed by atoms with Gasteiger partial charge in [0.15, 0.2) is 0 Å². The first-order valence-corrected chi connectivity index (χ1v) is 12.8. The van der Waals surface area contributed by atoms with Crippen LogP contribution in [0.4, 0.5) is 0 Å². The second-order valence-corrected chi connectivity index (χ2v) is 10.4. The van der Waals surface area contributed by atoms with Gasteiger partial charge in [0.25, 0.3) is 0 Å². The fourth-order valence-corrected chi connectivity index (χ4v) is 4.94. The van der Waals surface area contributed by atoms with Crippen LogP contribution in [-0.4, -0.2) is 23.1 Å². The third-order valence-electron chi connectivity index (χ3n) is 6.85. The number of hydrogen-bond donors (Lipinski definition) is 0. The molecule has 0 bridgehead atoms. The van der Waals surface area contributed by atoms with Crippen molar-refractivity contribution in [1.82, 2.24) is 4.57 Å². The van der Waals surface area contributed by atoms with E-state index in [1.165, 1.54) is 0 Å². The van der Waals surface area contributed by atoms with E-state index in [9.17, 15) is 9.59 Å². The normalized spacial score (nSPS) is 11.6. The number of para-hydroxylation sites is 1. The van der Waals surface area contributed by atoms with Crippen LogP contribution in [0.3, 0.4) is 0 Å². The van der Waals surface area contributed by atoms with Crippen molar-refractivity contribution in [3.05, 3.63) is 107 Å². The maximum absolute atomic E-state index is 13.3. The van der Waals surface area contributed by atoms with Crippen molar-refractivity contribution >= 4 is 33.6 Å². The van der Waals surface area contributed by atoms with Gasteiger partial charge in [0.1, 0.15) is 5.75 Å². The fraction of sp³-hybridized carbons (Fsp3) is 0.212. The van der Waals surface area contributed by atoms with E-state index < -0.39 is 11.9 Å². The quantitative estimate of drug-likeness (QED) is 0.181. The van der Waals surface area contributed by atoms with E-state index in [4.69, 9.17) is 9.47 Å². The predicted molar refractivity (Wildman–Crippen MR) is 152 cm³/mol. The van der Waals surface area contributed by atoms with Crippen LogP contribution in [0, 0.1) is 6.92 Å². The molecule has 0 spiro atoms. The molecule has 0 aliphatic carbocycles. The van der Waals surface area contributed by atoms with Gasteiger partial charge in [-0.3, -0.25) is 0 Å². The second kappa shape index (κ2) is 9.82. The topological polar surface area (TPSA) is 57.5 Å². The highest BCUT2D eigenvalue weighted by Crippen LogP contribution is 2.40. The van der Waals surface area contributed by atoms with Crippen molar-refractivity contribution in [3.8, 4) is 11.4 Å². The number of carbonyl (C=O) groups is 2. The molecule has 5 rings (SSSR count). The van der Waals surface area contributed by atoms with Crippen LogP contribution in [0.2, 0.25) is 0 Å².